The standard InChI is InChI=1S/C14H13ClN2O/c1-9-6-7-11(8-16-9)14(18)17-13-5-3-4-12(15)10(13)2/h3-8H,1-2H3,(H,17,18). The Morgan fingerprint density at radius 3 is 2.67 bits per heavy atom. The normalized spacial score (nSPS) is 10.2. The van der Waals surface area contributed by atoms with Crippen LogP contribution in [0.4, 0.5) is 5.69 Å². The van der Waals surface area contributed by atoms with Gasteiger partial charge in [-0.15, -0.1) is 0 Å². The maximum atomic E-state index is 12.0. The van der Waals surface area contributed by atoms with Crippen LogP contribution in [-0.2, 0) is 0 Å². The highest BCUT2D eigenvalue weighted by molar-refractivity contribution is 6.31. The fourth-order valence-corrected chi connectivity index (χ4v) is 1.71. The van der Waals surface area contributed by atoms with Gasteiger partial charge in [0.25, 0.3) is 5.91 Å². The summed E-state index contributed by atoms with van der Waals surface area (Å²) in [6.45, 7) is 3.74. The van der Waals surface area contributed by atoms with Crippen molar-refractivity contribution >= 4 is 23.2 Å². The van der Waals surface area contributed by atoms with Crippen molar-refractivity contribution in [2.45, 2.75) is 13.8 Å². The molecule has 0 radical (unpaired) electrons. The number of nitrogens with one attached hydrogen (secondary N) is 1. The van der Waals surface area contributed by atoms with Gasteiger partial charge in [0.05, 0.1) is 5.56 Å². The molecule has 1 N–H and O–H groups in total. The van der Waals surface area contributed by atoms with Crippen molar-refractivity contribution in [1.29, 1.82) is 0 Å². The smallest absolute Gasteiger partial charge is 0.257 e. The van der Waals surface area contributed by atoms with E-state index in [1.807, 2.05) is 19.9 Å². The lowest BCUT2D eigenvalue weighted by Gasteiger charge is -2.09. The minimum absolute atomic E-state index is 0.187. The van der Waals surface area contributed by atoms with Crippen LogP contribution < -0.4 is 5.32 Å². The molecule has 0 aliphatic rings. The van der Waals surface area contributed by atoms with Crippen LogP contribution in [0.2, 0.25) is 5.02 Å². The van der Waals surface area contributed by atoms with E-state index < -0.39 is 0 Å². The Hall–Kier alpha value is -1.87. The molecule has 3 nitrogen and oxygen atoms in total. The van der Waals surface area contributed by atoms with Crippen LogP contribution in [0.5, 0.6) is 0 Å². The number of anilines is 1. The Balaban J connectivity index is 2.21. The van der Waals surface area contributed by atoms with Gasteiger partial charge in [0.1, 0.15) is 0 Å². The van der Waals surface area contributed by atoms with Gasteiger partial charge < -0.3 is 5.32 Å². The van der Waals surface area contributed by atoms with Crippen molar-refractivity contribution in [2.75, 3.05) is 5.32 Å². The first-order valence-electron chi connectivity index (χ1n) is 5.57. The van der Waals surface area contributed by atoms with E-state index in [0.29, 0.717) is 16.3 Å². The summed E-state index contributed by atoms with van der Waals surface area (Å²) >= 11 is 6.00. The van der Waals surface area contributed by atoms with Crippen LogP contribution in [-0.4, -0.2) is 10.9 Å². The fourth-order valence-electron chi connectivity index (χ4n) is 1.54. The zero-order valence-electron chi connectivity index (χ0n) is 10.2. The molecule has 0 saturated heterocycles. The summed E-state index contributed by atoms with van der Waals surface area (Å²) in [7, 11) is 0. The zero-order valence-corrected chi connectivity index (χ0v) is 11.0. The molecule has 1 aromatic carbocycles. The molecule has 0 atom stereocenters. The molecule has 0 fully saturated rings. The number of carbonyl (C=O) groups excluding carboxylic acids is 1. The first-order valence-corrected chi connectivity index (χ1v) is 5.95. The molecule has 0 aliphatic carbocycles. The summed E-state index contributed by atoms with van der Waals surface area (Å²) in [6, 6.07) is 8.97. The van der Waals surface area contributed by atoms with Crippen LogP contribution in [0.25, 0.3) is 0 Å². The number of amides is 1. The van der Waals surface area contributed by atoms with Gasteiger partial charge in [-0.3, -0.25) is 9.78 Å². The Morgan fingerprint density at radius 2 is 2.00 bits per heavy atom. The first kappa shape index (κ1) is 12.6. The lowest BCUT2D eigenvalue weighted by atomic mass is 10.2. The molecule has 1 heterocycles. The minimum atomic E-state index is -0.187. The van der Waals surface area contributed by atoms with Gasteiger partial charge in [0.2, 0.25) is 0 Å². The number of aryl methyl sites for hydroxylation is 1. The predicted molar refractivity (Wildman–Crippen MR) is 73.1 cm³/mol. The van der Waals surface area contributed by atoms with E-state index in [2.05, 4.69) is 10.3 Å². The molecule has 0 spiro atoms. The number of carbonyl (C=O) groups is 1. The lowest BCUT2D eigenvalue weighted by Crippen LogP contribution is -2.13. The number of benzene rings is 1. The highest BCUT2D eigenvalue weighted by atomic mass is 35.5. The zero-order chi connectivity index (χ0) is 13.1. The van der Waals surface area contributed by atoms with Crippen LogP contribution in [0.3, 0.4) is 0 Å². The third-order valence-electron chi connectivity index (χ3n) is 2.69. The lowest BCUT2D eigenvalue weighted by molar-refractivity contribution is 0.102. The topological polar surface area (TPSA) is 42.0 Å². The highest BCUT2D eigenvalue weighted by Crippen LogP contribution is 2.23. The molecule has 0 unspecified atom stereocenters. The molecule has 2 aromatic rings. The molecule has 18 heavy (non-hydrogen) atoms. The van der Waals surface area contributed by atoms with Crippen molar-refractivity contribution in [3.63, 3.8) is 0 Å². The molecule has 1 amide bonds. The molecule has 92 valence electrons. The molecular weight excluding hydrogens is 248 g/mol. The second-order valence-corrected chi connectivity index (χ2v) is 4.46. The van der Waals surface area contributed by atoms with Crippen molar-refractivity contribution < 1.29 is 4.79 Å². The molecule has 1 aromatic heterocycles. The van der Waals surface area contributed by atoms with Crippen molar-refractivity contribution in [3.8, 4) is 0 Å². The van der Waals surface area contributed by atoms with Gasteiger partial charge in [-0.2, -0.15) is 0 Å². The van der Waals surface area contributed by atoms with Gasteiger partial charge in [0, 0.05) is 22.6 Å². The Morgan fingerprint density at radius 1 is 1.22 bits per heavy atom. The molecule has 2 rings (SSSR count). The van der Waals surface area contributed by atoms with Gasteiger partial charge >= 0.3 is 0 Å². The summed E-state index contributed by atoms with van der Waals surface area (Å²) in [5.41, 5.74) is 2.98. The van der Waals surface area contributed by atoms with E-state index >= 15 is 0 Å². The molecule has 0 saturated carbocycles. The van der Waals surface area contributed by atoms with E-state index in [1.165, 1.54) is 0 Å². The number of pyridine rings is 1. The van der Waals surface area contributed by atoms with Gasteiger partial charge in [-0.1, -0.05) is 17.7 Å². The number of halogens is 1. The summed E-state index contributed by atoms with van der Waals surface area (Å²) in [5.74, 6) is -0.187. The quantitative estimate of drug-likeness (QED) is 0.896. The van der Waals surface area contributed by atoms with Crippen molar-refractivity contribution in [3.05, 3.63) is 58.4 Å². The Labute approximate surface area is 111 Å². The Kier molecular flexibility index (Phi) is 3.63. The number of hydrogen-bond donors (Lipinski definition) is 1. The average molecular weight is 261 g/mol. The van der Waals surface area contributed by atoms with Gasteiger partial charge in [-0.05, 0) is 43.7 Å². The number of hydrogen-bond acceptors (Lipinski definition) is 2. The second-order valence-electron chi connectivity index (χ2n) is 4.05. The molecular formula is C14H13ClN2O. The Bertz CT molecular complexity index is 579. The number of rotatable bonds is 2. The predicted octanol–water partition coefficient (Wildman–Crippen LogP) is 3.60. The maximum Gasteiger partial charge on any atom is 0.257 e. The van der Waals surface area contributed by atoms with E-state index in [4.69, 9.17) is 11.6 Å². The fraction of sp³-hybridized carbons (Fsp3) is 0.143. The van der Waals surface area contributed by atoms with Crippen LogP contribution in [0.15, 0.2) is 36.5 Å². The highest BCUT2D eigenvalue weighted by Gasteiger charge is 2.09. The van der Waals surface area contributed by atoms with Crippen molar-refractivity contribution in [1.82, 2.24) is 4.98 Å². The van der Waals surface area contributed by atoms with Crippen molar-refractivity contribution in [2.24, 2.45) is 0 Å². The average Bonchev–Trinajstić information content (AvgIpc) is 2.36. The SMILES string of the molecule is Cc1ccc(C(=O)Nc2cccc(Cl)c2C)cn1. The van der Waals surface area contributed by atoms with E-state index in [9.17, 15) is 4.79 Å². The van der Waals surface area contributed by atoms with Gasteiger partial charge in [-0.25, -0.2) is 0 Å². The van der Waals surface area contributed by atoms with E-state index in [-0.39, 0.29) is 5.91 Å². The number of nitrogens with zero attached hydrogens (tertiary/aromatic N) is 1. The van der Waals surface area contributed by atoms with Crippen LogP contribution in [0, 0.1) is 13.8 Å². The number of aromatic nitrogens is 1. The minimum Gasteiger partial charge on any atom is -0.322 e. The second kappa shape index (κ2) is 5.19. The molecule has 4 heteroatoms. The first-order chi connectivity index (χ1) is 8.58. The third kappa shape index (κ3) is 2.68. The molecule has 0 aliphatic heterocycles. The molecule has 0 bridgehead atoms. The largest absolute Gasteiger partial charge is 0.322 e. The maximum absolute atomic E-state index is 12.0. The monoisotopic (exact) mass is 260 g/mol. The summed E-state index contributed by atoms with van der Waals surface area (Å²) in [4.78, 5) is 16.1. The van der Waals surface area contributed by atoms with Crippen LogP contribution >= 0.6 is 11.6 Å². The van der Waals surface area contributed by atoms with E-state index in [0.717, 1.165) is 11.3 Å². The van der Waals surface area contributed by atoms with Crippen LogP contribution in [0.1, 0.15) is 21.6 Å². The van der Waals surface area contributed by atoms with Gasteiger partial charge in [0.15, 0.2) is 0 Å². The summed E-state index contributed by atoms with van der Waals surface area (Å²) < 4.78 is 0. The van der Waals surface area contributed by atoms with E-state index in [1.54, 1.807) is 30.5 Å². The third-order valence-corrected chi connectivity index (χ3v) is 3.10. The summed E-state index contributed by atoms with van der Waals surface area (Å²) in [6.07, 6.45) is 1.56. The summed E-state index contributed by atoms with van der Waals surface area (Å²) in [5, 5.41) is 3.46.